The molecule has 2 aromatic carbocycles. The number of aryl methyl sites for hydroxylation is 1. The standard InChI is InChI=1S/C17H17ClF2/c1-2-3-12-4-6-13(7-5-12)16(18)10-14-8-9-15(19)11-17(14)20/h4-9,11,16H,2-3,10H2,1H3. The number of halogens is 3. The Hall–Kier alpha value is -1.41. The van der Waals surface area contributed by atoms with E-state index >= 15 is 0 Å². The normalized spacial score (nSPS) is 12.4. The van der Waals surface area contributed by atoms with Crippen molar-refractivity contribution in [1.82, 2.24) is 0 Å². The molecule has 0 fully saturated rings. The summed E-state index contributed by atoms with van der Waals surface area (Å²) in [5.74, 6) is -1.11. The summed E-state index contributed by atoms with van der Waals surface area (Å²) >= 11 is 6.32. The van der Waals surface area contributed by atoms with Gasteiger partial charge in [-0.1, -0.05) is 43.7 Å². The fraction of sp³-hybridized carbons (Fsp3) is 0.294. The summed E-state index contributed by atoms with van der Waals surface area (Å²) in [5.41, 5.74) is 2.66. The Kier molecular flexibility index (Phi) is 5.13. The molecule has 0 saturated heterocycles. The fourth-order valence-electron chi connectivity index (χ4n) is 2.18. The molecule has 1 atom stereocenters. The highest BCUT2D eigenvalue weighted by Crippen LogP contribution is 2.26. The van der Waals surface area contributed by atoms with Gasteiger partial charge >= 0.3 is 0 Å². The summed E-state index contributed by atoms with van der Waals surface area (Å²) in [5, 5.41) is -0.314. The lowest BCUT2D eigenvalue weighted by Gasteiger charge is -2.11. The van der Waals surface area contributed by atoms with Crippen LogP contribution in [0.2, 0.25) is 0 Å². The Morgan fingerprint density at radius 3 is 2.35 bits per heavy atom. The molecule has 0 nitrogen and oxygen atoms in total. The van der Waals surface area contributed by atoms with E-state index < -0.39 is 11.6 Å². The summed E-state index contributed by atoms with van der Waals surface area (Å²) in [6, 6.07) is 11.7. The van der Waals surface area contributed by atoms with E-state index in [0.717, 1.165) is 24.5 Å². The van der Waals surface area contributed by atoms with Gasteiger partial charge in [0.2, 0.25) is 0 Å². The number of rotatable bonds is 5. The van der Waals surface area contributed by atoms with Crippen molar-refractivity contribution in [3.05, 3.63) is 70.8 Å². The molecule has 1 unspecified atom stereocenters. The molecule has 0 spiro atoms. The van der Waals surface area contributed by atoms with Crippen molar-refractivity contribution >= 4 is 11.6 Å². The molecule has 0 aliphatic rings. The zero-order chi connectivity index (χ0) is 14.5. The topological polar surface area (TPSA) is 0 Å². The van der Waals surface area contributed by atoms with Crippen LogP contribution in [0.25, 0.3) is 0 Å². The van der Waals surface area contributed by atoms with Crippen molar-refractivity contribution < 1.29 is 8.78 Å². The predicted octanol–water partition coefficient (Wildman–Crippen LogP) is 5.44. The molecule has 106 valence electrons. The molecule has 0 heterocycles. The third-order valence-electron chi connectivity index (χ3n) is 3.29. The first-order chi connectivity index (χ1) is 9.60. The molecule has 0 amide bonds. The summed E-state index contributed by atoms with van der Waals surface area (Å²) in [7, 11) is 0. The first-order valence-corrected chi connectivity index (χ1v) is 7.20. The maximum absolute atomic E-state index is 13.6. The van der Waals surface area contributed by atoms with Crippen LogP contribution in [0.5, 0.6) is 0 Å². The van der Waals surface area contributed by atoms with Crippen molar-refractivity contribution in [2.75, 3.05) is 0 Å². The Bertz CT molecular complexity index is 564. The third-order valence-corrected chi connectivity index (χ3v) is 3.70. The number of benzene rings is 2. The molecule has 0 aliphatic carbocycles. The quantitative estimate of drug-likeness (QED) is 0.644. The molecule has 0 aromatic heterocycles. The monoisotopic (exact) mass is 294 g/mol. The Balaban J connectivity index is 2.09. The van der Waals surface area contributed by atoms with Gasteiger partial charge in [-0.3, -0.25) is 0 Å². The van der Waals surface area contributed by atoms with Crippen LogP contribution in [0.3, 0.4) is 0 Å². The highest BCUT2D eigenvalue weighted by atomic mass is 35.5. The summed E-state index contributed by atoms with van der Waals surface area (Å²) in [6.45, 7) is 2.13. The van der Waals surface area contributed by atoms with Crippen LogP contribution >= 0.6 is 11.6 Å². The van der Waals surface area contributed by atoms with Gasteiger partial charge in [-0.05, 0) is 35.6 Å². The maximum atomic E-state index is 13.6. The number of hydrogen-bond acceptors (Lipinski definition) is 0. The highest BCUT2D eigenvalue weighted by Gasteiger charge is 2.12. The van der Waals surface area contributed by atoms with E-state index in [4.69, 9.17) is 11.6 Å². The van der Waals surface area contributed by atoms with Crippen molar-refractivity contribution in [1.29, 1.82) is 0 Å². The Morgan fingerprint density at radius 1 is 1.05 bits per heavy atom. The minimum absolute atomic E-state index is 0.314. The first kappa shape index (κ1) is 15.0. The van der Waals surface area contributed by atoms with Gasteiger partial charge in [0, 0.05) is 6.07 Å². The smallest absolute Gasteiger partial charge is 0.129 e. The van der Waals surface area contributed by atoms with Crippen molar-refractivity contribution in [3.8, 4) is 0 Å². The van der Waals surface area contributed by atoms with Crippen LogP contribution in [0.4, 0.5) is 8.78 Å². The van der Waals surface area contributed by atoms with Crippen molar-refractivity contribution in [2.24, 2.45) is 0 Å². The highest BCUT2D eigenvalue weighted by molar-refractivity contribution is 6.20. The number of alkyl halides is 1. The van der Waals surface area contributed by atoms with Crippen LogP contribution in [0.15, 0.2) is 42.5 Å². The average Bonchev–Trinajstić information content (AvgIpc) is 2.43. The Labute approximate surface area is 123 Å². The molecule has 2 rings (SSSR count). The van der Waals surface area contributed by atoms with Crippen LogP contribution in [-0.2, 0) is 12.8 Å². The lowest BCUT2D eigenvalue weighted by atomic mass is 10.0. The van der Waals surface area contributed by atoms with E-state index in [0.29, 0.717) is 12.0 Å². The van der Waals surface area contributed by atoms with Gasteiger partial charge in [0.25, 0.3) is 0 Å². The fourth-order valence-corrected chi connectivity index (χ4v) is 2.49. The van der Waals surface area contributed by atoms with Gasteiger partial charge in [0.05, 0.1) is 5.38 Å². The van der Waals surface area contributed by atoms with Gasteiger partial charge < -0.3 is 0 Å². The second kappa shape index (κ2) is 6.85. The minimum Gasteiger partial charge on any atom is -0.207 e. The van der Waals surface area contributed by atoms with Gasteiger partial charge in [-0.25, -0.2) is 8.78 Å². The largest absolute Gasteiger partial charge is 0.207 e. The first-order valence-electron chi connectivity index (χ1n) is 6.77. The van der Waals surface area contributed by atoms with E-state index in [1.807, 2.05) is 12.1 Å². The molecule has 0 bridgehead atoms. The second-order valence-corrected chi connectivity index (χ2v) is 5.43. The Morgan fingerprint density at radius 2 is 1.75 bits per heavy atom. The van der Waals surface area contributed by atoms with Crippen LogP contribution in [0, 0.1) is 11.6 Å². The van der Waals surface area contributed by atoms with E-state index in [1.54, 1.807) is 0 Å². The second-order valence-electron chi connectivity index (χ2n) is 4.90. The molecular weight excluding hydrogens is 278 g/mol. The molecule has 20 heavy (non-hydrogen) atoms. The molecule has 0 aliphatic heterocycles. The van der Waals surface area contributed by atoms with Crippen LogP contribution in [-0.4, -0.2) is 0 Å². The molecule has 0 saturated carbocycles. The van der Waals surface area contributed by atoms with E-state index in [1.165, 1.54) is 17.7 Å². The molecule has 3 heteroatoms. The molecule has 0 radical (unpaired) electrons. The van der Waals surface area contributed by atoms with E-state index in [2.05, 4.69) is 19.1 Å². The van der Waals surface area contributed by atoms with Gasteiger partial charge in [0.1, 0.15) is 11.6 Å². The SMILES string of the molecule is CCCc1ccc(C(Cl)Cc2ccc(F)cc2F)cc1. The van der Waals surface area contributed by atoms with Gasteiger partial charge in [-0.2, -0.15) is 0 Å². The summed E-state index contributed by atoms with van der Waals surface area (Å²) in [6.07, 6.45) is 2.49. The van der Waals surface area contributed by atoms with Crippen molar-refractivity contribution in [3.63, 3.8) is 0 Å². The van der Waals surface area contributed by atoms with E-state index in [-0.39, 0.29) is 5.38 Å². The van der Waals surface area contributed by atoms with Crippen molar-refractivity contribution in [2.45, 2.75) is 31.6 Å². The van der Waals surface area contributed by atoms with Gasteiger partial charge in [0.15, 0.2) is 0 Å². The van der Waals surface area contributed by atoms with Crippen LogP contribution < -0.4 is 0 Å². The zero-order valence-electron chi connectivity index (χ0n) is 11.4. The average molecular weight is 295 g/mol. The van der Waals surface area contributed by atoms with E-state index in [9.17, 15) is 8.78 Å². The molecule has 2 aromatic rings. The maximum Gasteiger partial charge on any atom is 0.129 e. The summed E-state index contributed by atoms with van der Waals surface area (Å²) in [4.78, 5) is 0. The number of hydrogen-bond donors (Lipinski definition) is 0. The summed E-state index contributed by atoms with van der Waals surface area (Å²) < 4.78 is 26.4. The molecular formula is C17H17ClF2. The van der Waals surface area contributed by atoms with Crippen LogP contribution in [0.1, 0.15) is 35.4 Å². The zero-order valence-corrected chi connectivity index (χ0v) is 12.1. The van der Waals surface area contributed by atoms with Gasteiger partial charge in [-0.15, -0.1) is 11.6 Å². The predicted molar refractivity (Wildman–Crippen MR) is 79.1 cm³/mol. The molecule has 0 N–H and O–H groups in total. The lowest BCUT2D eigenvalue weighted by Crippen LogP contribution is -1.99. The lowest BCUT2D eigenvalue weighted by molar-refractivity contribution is 0.570. The minimum atomic E-state index is -0.568. The third kappa shape index (κ3) is 3.80.